The summed E-state index contributed by atoms with van der Waals surface area (Å²) in [6, 6.07) is 0.554. The Morgan fingerprint density at radius 3 is 2.88 bits per heavy atom. The molecular weight excluding hydrogens is 320 g/mol. The topological polar surface area (TPSA) is 75.1 Å². The van der Waals surface area contributed by atoms with Crippen LogP contribution in [0.3, 0.4) is 0 Å². The number of hydrogen-bond acceptors (Lipinski definition) is 8. The zero-order valence-electron chi connectivity index (χ0n) is 14.6. The van der Waals surface area contributed by atoms with Gasteiger partial charge < -0.3 is 14.4 Å². The molecule has 5 rings (SSSR count). The number of fused-ring (bicyclic) bond motifs is 3. The van der Waals surface area contributed by atoms with Gasteiger partial charge in [-0.3, -0.25) is 10.2 Å². The molecule has 3 atom stereocenters. The highest BCUT2D eigenvalue weighted by atomic mass is 16.5. The normalized spacial score (nSPS) is 33.0. The average molecular weight is 344 g/mol. The summed E-state index contributed by atoms with van der Waals surface area (Å²) in [5.74, 6) is 2.71. The Bertz CT molecular complexity index is 704. The van der Waals surface area contributed by atoms with E-state index in [1.807, 2.05) is 0 Å². The lowest BCUT2D eigenvalue weighted by Crippen LogP contribution is -2.46. The quantitative estimate of drug-likeness (QED) is 0.875. The molecule has 4 aliphatic heterocycles. The first-order valence-corrected chi connectivity index (χ1v) is 9.14. The summed E-state index contributed by atoms with van der Waals surface area (Å²) in [6.07, 6.45) is 5.16. The van der Waals surface area contributed by atoms with E-state index < -0.39 is 0 Å². The van der Waals surface area contributed by atoms with Crippen molar-refractivity contribution in [3.05, 3.63) is 6.33 Å². The molecule has 0 amide bonds. The van der Waals surface area contributed by atoms with Crippen molar-refractivity contribution in [3.8, 4) is 5.75 Å². The third kappa shape index (κ3) is 2.42. The summed E-state index contributed by atoms with van der Waals surface area (Å²) >= 11 is 0. The van der Waals surface area contributed by atoms with Crippen LogP contribution < -0.4 is 15.0 Å². The summed E-state index contributed by atoms with van der Waals surface area (Å²) in [5.41, 5.74) is -0.140. The molecular formula is C17H24N6O2. The lowest BCUT2D eigenvalue weighted by molar-refractivity contribution is 0.0364. The molecule has 3 fully saturated rings. The van der Waals surface area contributed by atoms with Crippen molar-refractivity contribution in [1.82, 2.24) is 14.9 Å². The SMILES string of the molecule is COc1c(NC2=NC[C@@]3(CN4CC[C@@H]3C4)O2)ncnc1N1CCCC1. The van der Waals surface area contributed by atoms with E-state index in [9.17, 15) is 0 Å². The van der Waals surface area contributed by atoms with Crippen LogP contribution in [0.5, 0.6) is 5.75 Å². The summed E-state index contributed by atoms with van der Waals surface area (Å²) in [4.78, 5) is 18.1. The highest BCUT2D eigenvalue weighted by Crippen LogP contribution is 2.42. The van der Waals surface area contributed by atoms with Crippen molar-refractivity contribution in [3.63, 3.8) is 0 Å². The van der Waals surface area contributed by atoms with Crippen LogP contribution >= 0.6 is 0 Å². The van der Waals surface area contributed by atoms with Gasteiger partial charge in [0.2, 0.25) is 5.75 Å². The number of hydrogen-bond donors (Lipinski definition) is 1. The van der Waals surface area contributed by atoms with E-state index in [1.54, 1.807) is 13.4 Å². The van der Waals surface area contributed by atoms with Gasteiger partial charge in [-0.2, -0.15) is 0 Å². The lowest BCUT2D eigenvalue weighted by Gasteiger charge is -2.32. The van der Waals surface area contributed by atoms with Crippen LogP contribution in [0.2, 0.25) is 0 Å². The summed E-state index contributed by atoms with van der Waals surface area (Å²) < 4.78 is 11.9. The van der Waals surface area contributed by atoms with Crippen molar-refractivity contribution < 1.29 is 9.47 Å². The maximum Gasteiger partial charge on any atom is 0.291 e. The maximum absolute atomic E-state index is 6.28. The summed E-state index contributed by atoms with van der Waals surface area (Å²) in [5, 5.41) is 3.24. The Morgan fingerprint density at radius 2 is 2.16 bits per heavy atom. The van der Waals surface area contributed by atoms with Crippen molar-refractivity contribution in [1.29, 1.82) is 0 Å². The van der Waals surface area contributed by atoms with Gasteiger partial charge in [0, 0.05) is 32.1 Å². The number of ether oxygens (including phenoxy) is 2. The van der Waals surface area contributed by atoms with Crippen LogP contribution in [0.15, 0.2) is 11.3 Å². The molecule has 25 heavy (non-hydrogen) atoms. The van der Waals surface area contributed by atoms with E-state index in [-0.39, 0.29) is 5.60 Å². The molecule has 8 nitrogen and oxygen atoms in total. The molecule has 0 radical (unpaired) electrons. The van der Waals surface area contributed by atoms with Crippen LogP contribution in [0.4, 0.5) is 11.6 Å². The number of methoxy groups -OCH3 is 1. The first kappa shape index (κ1) is 15.2. The maximum atomic E-state index is 6.28. The van der Waals surface area contributed by atoms with Gasteiger partial charge >= 0.3 is 0 Å². The highest BCUT2D eigenvalue weighted by molar-refractivity contribution is 5.92. The van der Waals surface area contributed by atoms with Crippen LogP contribution in [0.25, 0.3) is 0 Å². The van der Waals surface area contributed by atoms with E-state index in [0.29, 0.717) is 23.5 Å². The van der Waals surface area contributed by atoms with Crippen LogP contribution in [0.1, 0.15) is 19.3 Å². The lowest BCUT2D eigenvalue weighted by atomic mass is 9.88. The Morgan fingerprint density at radius 1 is 1.28 bits per heavy atom. The number of aliphatic imine (C=N–C) groups is 1. The van der Waals surface area contributed by atoms with E-state index in [0.717, 1.165) is 38.5 Å². The average Bonchev–Trinajstić information content (AvgIpc) is 3.40. The zero-order valence-corrected chi connectivity index (χ0v) is 14.6. The highest BCUT2D eigenvalue weighted by Gasteiger charge is 2.54. The molecule has 3 saturated heterocycles. The minimum Gasteiger partial charge on any atom is -0.490 e. The number of anilines is 2. The Labute approximate surface area is 147 Å². The number of aromatic nitrogens is 2. The molecule has 1 aromatic rings. The van der Waals surface area contributed by atoms with E-state index in [1.165, 1.54) is 25.8 Å². The molecule has 134 valence electrons. The first-order chi connectivity index (χ1) is 12.3. The van der Waals surface area contributed by atoms with Crippen molar-refractivity contribution >= 4 is 17.7 Å². The molecule has 1 aromatic heterocycles. The van der Waals surface area contributed by atoms with Crippen LogP contribution in [0, 0.1) is 5.92 Å². The fourth-order valence-electron chi connectivity index (χ4n) is 4.63. The predicted octanol–water partition coefficient (Wildman–Crippen LogP) is 0.958. The molecule has 0 aliphatic carbocycles. The smallest absolute Gasteiger partial charge is 0.291 e. The number of amidine groups is 1. The van der Waals surface area contributed by atoms with Crippen molar-refractivity contribution in [2.75, 3.05) is 56.6 Å². The number of nitrogens with zero attached hydrogens (tertiary/aromatic N) is 5. The fraction of sp³-hybridized carbons (Fsp3) is 0.706. The second kappa shape index (κ2) is 5.72. The molecule has 1 spiro atoms. The number of nitrogens with one attached hydrogen (secondary N) is 1. The zero-order chi connectivity index (χ0) is 16.9. The van der Waals surface area contributed by atoms with Gasteiger partial charge in [-0.15, -0.1) is 0 Å². The molecule has 8 heteroatoms. The van der Waals surface area contributed by atoms with Gasteiger partial charge in [0.1, 0.15) is 11.9 Å². The second-order valence-corrected chi connectivity index (χ2v) is 7.41. The molecule has 0 aromatic carbocycles. The number of rotatable bonds is 3. The van der Waals surface area contributed by atoms with Gasteiger partial charge in [0.25, 0.3) is 6.02 Å². The number of piperidine rings is 1. The third-order valence-corrected chi connectivity index (χ3v) is 5.92. The van der Waals surface area contributed by atoms with Crippen LogP contribution in [-0.2, 0) is 4.74 Å². The third-order valence-electron chi connectivity index (χ3n) is 5.92. The minimum absolute atomic E-state index is 0.140. The predicted molar refractivity (Wildman–Crippen MR) is 94.3 cm³/mol. The molecule has 1 N–H and O–H groups in total. The first-order valence-electron chi connectivity index (χ1n) is 9.14. The Kier molecular flexibility index (Phi) is 3.48. The van der Waals surface area contributed by atoms with E-state index in [4.69, 9.17) is 9.47 Å². The van der Waals surface area contributed by atoms with Crippen molar-refractivity contribution in [2.45, 2.75) is 24.9 Å². The largest absolute Gasteiger partial charge is 0.490 e. The summed E-state index contributed by atoms with van der Waals surface area (Å²) in [7, 11) is 1.66. The van der Waals surface area contributed by atoms with Gasteiger partial charge in [-0.1, -0.05) is 0 Å². The van der Waals surface area contributed by atoms with Gasteiger partial charge in [-0.05, 0) is 25.8 Å². The molecule has 0 saturated carbocycles. The Hall–Kier alpha value is -2.09. The van der Waals surface area contributed by atoms with E-state index >= 15 is 0 Å². The monoisotopic (exact) mass is 344 g/mol. The van der Waals surface area contributed by atoms with E-state index in [2.05, 4.69) is 30.1 Å². The Balaban J connectivity index is 1.35. The van der Waals surface area contributed by atoms with Crippen molar-refractivity contribution in [2.24, 2.45) is 10.9 Å². The molecule has 5 heterocycles. The second-order valence-electron chi connectivity index (χ2n) is 7.41. The standard InChI is InChI=1S/C17H24N6O2/c1-24-13-14(19-11-20-15(13)23-5-2-3-6-23)21-16-18-9-17(25-16)10-22-7-4-12(17)8-22/h11-12H,2-10H2,1H3,(H,18,19,20,21)/t12-,17+/m1/s1. The fourth-order valence-corrected chi connectivity index (χ4v) is 4.63. The summed E-state index contributed by atoms with van der Waals surface area (Å²) in [6.45, 7) is 6.04. The minimum atomic E-state index is -0.140. The van der Waals surface area contributed by atoms with Gasteiger partial charge in [-0.25, -0.2) is 15.0 Å². The molecule has 2 bridgehead atoms. The van der Waals surface area contributed by atoms with Gasteiger partial charge in [0.15, 0.2) is 11.6 Å². The van der Waals surface area contributed by atoms with Gasteiger partial charge in [0.05, 0.1) is 13.7 Å². The molecule has 4 aliphatic rings. The van der Waals surface area contributed by atoms with Crippen LogP contribution in [-0.4, -0.2) is 72.9 Å². The molecule has 1 unspecified atom stereocenters.